The summed E-state index contributed by atoms with van der Waals surface area (Å²) in [4.78, 5) is 27.6. The second kappa shape index (κ2) is 6.11. The summed E-state index contributed by atoms with van der Waals surface area (Å²) in [6.45, 7) is 3.84. The van der Waals surface area contributed by atoms with Gasteiger partial charge in [-0.15, -0.1) is 0 Å². The molecule has 1 aliphatic rings. The third-order valence-electron chi connectivity index (χ3n) is 4.86. The van der Waals surface area contributed by atoms with E-state index in [1.54, 1.807) is 12.1 Å². The number of carbonyl (C=O) groups excluding carboxylic acids is 1. The number of aliphatic hydroxyl groups excluding tert-OH is 1. The molecule has 0 bridgehead atoms. The SMILES string of the molecule is Cc1ccc(C2c3c(oc4ccc(C)cc4c3=O)C(=O)N2CCO)cc1. The predicted molar refractivity (Wildman–Crippen MR) is 98.4 cm³/mol. The van der Waals surface area contributed by atoms with E-state index in [9.17, 15) is 14.7 Å². The lowest BCUT2D eigenvalue weighted by Gasteiger charge is -2.24. The van der Waals surface area contributed by atoms with Crippen molar-refractivity contribution in [2.24, 2.45) is 0 Å². The van der Waals surface area contributed by atoms with Crippen LogP contribution in [-0.4, -0.2) is 29.1 Å². The number of amides is 1. The summed E-state index contributed by atoms with van der Waals surface area (Å²) in [7, 11) is 0. The van der Waals surface area contributed by atoms with Gasteiger partial charge in [-0.05, 0) is 31.5 Å². The van der Waals surface area contributed by atoms with Crippen LogP contribution in [0.2, 0.25) is 0 Å². The molecule has 2 heterocycles. The van der Waals surface area contributed by atoms with E-state index >= 15 is 0 Å². The molecule has 2 aromatic carbocycles. The van der Waals surface area contributed by atoms with Gasteiger partial charge in [-0.2, -0.15) is 0 Å². The standard InChI is InChI=1S/C21H19NO4/c1-12-3-6-14(7-4-12)18-17-19(24)15-11-13(2)5-8-16(15)26-20(17)21(25)22(18)9-10-23/h3-8,11,18,23H,9-10H2,1-2H3. The summed E-state index contributed by atoms with van der Waals surface area (Å²) in [6, 6.07) is 12.5. The molecule has 1 atom stereocenters. The number of rotatable bonds is 3. The number of β-amino-alcohol motifs (C(OH)–C–C–N with tert-alkyl or cyclic N) is 1. The molecule has 1 N–H and O–H groups in total. The fraction of sp³-hybridized carbons (Fsp3) is 0.238. The fourth-order valence-corrected chi connectivity index (χ4v) is 3.57. The van der Waals surface area contributed by atoms with Gasteiger partial charge in [-0.1, -0.05) is 41.5 Å². The molecule has 0 aliphatic carbocycles. The minimum absolute atomic E-state index is 0.0744. The third kappa shape index (κ3) is 2.44. The average molecular weight is 349 g/mol. The van der Waals surface area contributed by atoms with Crippen LogP contribution in [-0.2, 0) is 0 Å². The monoisotopic (exact) mass is 349 g/mol. The first-order valence-electron chi connectivity index (χ1n) is 8.57. The molecule has 5 nitrogen and oxygen atoms in total. The second-order valence-corrected chi connectivity index (χ2v) is 6.71. The minimum atomic E-state index is -0.550. The Labute approximate surface area is 150 Å². The molecule has 4 rings (SSSR count). The lowest BCUT2D eigenvalue weighted by atomic mass is 9.97. The normalized spacial score (nSPS) is 16.3. The van der Waals surface area contributed by atoms with Crippen LogP contribution in [0.1, 0.15) is 38.9 Å². The van der Waals surface area contributed by atoms with Crippen LogP contribution < -0.4 is 5.43 Å². The minimum Gasteiger partial charge on any atom is -0.450 e. The van der Waals surface area contributed by atoms with Gasteiger partial charge in [0, 0.05) is 6.54 Å². The van der Waals surface area contributed by atoms with Crippen LogP contribution in [0.5, 0.6) is 0 Å². The van der Waals surface area contributed by atoms with E-state index in [4.69, 9.17) is 4.42 Å². The van der Waals surface area contributed by atoms with Crippen LogP contribution in [0, 0.1) is 13.8 Å². The topological polar surface area (TPSA) is 70.8 Å². The number of nitrogens with zero attached hydrogens (tertiary/aromatic N) is 1. The fourth-order valence-electron chi connectivity index (χ4n) is 3.57. The Hall–Kier alpha value is -2.92. The summed E-state index contributed by atoms with van der Waals surface area (Å²) in [5, 5.41) is 9.90. The summed E-state index contributed by atoms with van der Waals surface area (Å²) < 4.78 is 5.83. The predicted octanol–water partition coefficient (Wildman–Crippen LogP) is 2.95. The van der Waals surface area contributed by atoms with Gasteiger partial charge in [0.15, 0.2) is 5.43 Å². The van der Waals surface area contributed by atoms with Crippen LogP contribution in [0.15, 0.2) is 51.7 Å². The maximum absolute atomic E-state index is 13.2. The van der Waals surface area contributed by atoms with E-state index in [0.717, 1.165) is 16.7 Å². The molecule has 0 spiro atoms. The molecule has 0 radical (unpaired) electrons. The molecule has 3 aromatic rings. The second-order valence-electron chi connectivity index (χ2n) is 6.71. The first-order chi connectivity index (χ1) is 12.5. The van der Waals surface area contributed by atoms with Gasteiger partial charge < -0.3 is 14.4 Å². The largest absolute Gasteiger partial charge is 0.450 e. The van der Waals surface area contributed by atoms with Gasteiger partial charge in [-0.25, -0.2) is 0 Å². The molecule has 132 valence electrons. The average Bonchev–Trinajstić information content (AvgIpc) is 2.90. The highest BCUT2D eigenvalue weighted by atomic mass is 16.3. The van der Waals surface area contributed by atoms with Crippen LogP contribution >= 0.6 is 0 Å². The van der Waals surface area contributed by atoms with Crippen molar-refractivity contribution in [3.05, 3.63) is 80.7 Å². The van der Waals surface area contributed by atoms with Crippen LogP contribution in [0.3, 0.4) is 0 Å². The number of carbonyl (C=O) groups is 1. The molecule has 0 saturated carbocycles. The summed E-state index contributed by atoms with van der Waals surface area (Å²) >= 11 is 0. The van der Waals surface area contributed by atoms with Crippen molar-refractivity contribution in [2.45, 2.75) is 19.9 Å². The molecule has 0 fully saturated rings. The highest BCUT2D eigenvalue weighted by Gasteiger charge is 2.42. The number of aryl methyl sites for hydroxylation is 2. The smallest absolute Gasteiger partial charge is 0.290 e. The Kier molecular flexibility index (Phi) is 3.89. The Balaban J connectivity index is 2.01. The third-order valence-corrected chi connectivity index (χ3v) is 4.86. The van der Waals surface area contributed by atoms with Gasteiger partial charge in [0.1, 0.15) is 5.58 Å². The Morgan fingerprint density at radius 1 is 1.04 bits per heavy atom. The van der Waals surface area contributed by atoms with E-state index in [-0.39, 0.29) is 30.2 Å². The number of hydrogen-bond donors (Lipinski definition) is 1. The van der Waals surface area contributed by atoms with Gasteiger partial charge in [0.05, 0.1) is 23.6 Å². The first-order valence-corrected chi connectivity index (χ1v) is 8.57. The van der Waals surface area contributed by atoms with E-state index in [2.05, 4.69) is 0 Å². The summed E-state index contributed by atoms with van der Waals surface area (Å²) in [6.07, 6.45) is 0. The van der Waals surface area contributed by atoms with Crippen LogP contribution in [0.25, 0.3) is 11.0 Å². The van der Waals surface area contributed by atoms with Crippen molar-refractivity contribution in [2.75, 3.05) is 13.2 Å². The van der Waals surface area contributed by atoms with Crippen LogP contribution in [0.4, 0.5) is 0 Å². The Morgan fingerprint density at radius 3 is 2.42 bits per heavy atom. The zero-order valence-corrected chi connectivity index (χ0v) is 14.7. The molecule has 1 aromatic heterocycles. The molecular weight excluding hydrogens is 330 g/mol. The molecule has 0 saturated heterocycles. The lowest BCUT2D eigenvalue weighted by molar-refractivity contribution is 0.0691. The van der Waals surface area contributed by atoms with E-state index in [1.165, 1.54) is 4.90 Å². The molecule has 1 amide bonds. The number of aliphatic hydroxyl groups is 1. The van der Waals surface area contributed by atoms with Gasteiger partial charge in [-0.3, -0.25) is 9.59 Å². The maximum atomic E-state index is 13.2. The molecule has 5 heteroatoms. The molecule has 1 unspecified atom stereocenters. The maximum Gasteiger partial charge on any atom is 0.290 e. The summed E-state index contributed by atoms with van der Waals surface area (Å²) in [5.74, 6) is -0.287. The van der Waals surface area contributed by atoms with Gasteiger partial charge in [0.25, 0.3) is 5.91 Å². The number of benzene rings is 2. The van der Waals surface area contributed by atoms with Crippen molar-refractivity contribution in [1.82, 2.24) is 4.90 Å². The zero-order valence-electron chi connectivity index (χ0n) is 14.7. The lowest BCUT2D eigenvalue weighted by Crippen LogP contribution is -2.32. The zero-order chi connectivity index (χ0) is 18.4. The Bertz CT molecular complexity index is 1070. The molecule has 1 aliphatic heterocycles. The Morgan fingerprint density at radius 2 is 1.73 bits per heavy atom. The van der Waals surface area contributed by atoms with Gasteiger partial charge >= 0.3 is 0 Å². The van der Waals surface area contributed by atoms with E-state index < -0.39 is 6.04 Å². The van der Waals surface area contributed by atoms with E-state index in [1.807, 2.05) is 44.2 Å². The molecule has 26 heavy (non-hydrogen) atoms. The van der Waals surface area contributed by atoms with Crippen molar-refractivity contribution in [3.63, 3.8) is 0 Å². The number of fused-ring (bicyclic) bond motifs is 2. The van der Waals surface area contributed by atoms with Crippen molar-refractivity contribution < 1.29 is 14.3 Å². The van der Waals surface area contributed by atoms with Crippen molar-refractivity contribution >= 4 is 16.9 Å². The highest BCUT2D eigenvalue weighted by molar-refractivity contribution is 5.99. The van der Waals surface area contributed by atoms with E-state index in [0.29, 0.717) is 16.5 Å². The first kappa shape index (κ1) is 16.5. The summed E-state index contributed by atoms with van der Waals surface area (Å²) in [5.41, 5.74) is 3.44. The van der Waals surface area contributed by atoms with Crippen molar-refractivity contribution in [1.29, 1.82) is 0 Å². The molecular formula is C21H19NO4. The quantitative estimate of drug-likeness (QED) is 0.789. The van der Waals surface area contributed by atoms with Gasteiger partial charge in [0.2, 0.25) is 5.76 Å². The van der Waals surface area contributed by atoms with Crippen molar-refractivity contribution in [3.8, 4) is 0 Å². The number of hydrogen-bond acceptors (Lipinski definition) is 4. The highest BCUT2D eigenvalue weighted by Crippen LogP contribution is 2.37.